The van der Waals surface area contributed by atoms with Crippen LogP contribution in [0.5, 0.6) is 0 Å². The molecule has 4 amide bonds. The number of piperazine rings is 1. The Bertz CT molecular complexity index is 1210. The molecule has 3 heterocycles. The molecule has 2 aromatic rings. The molecule has 3 aliphatic heterocycles. The first-order valence-corrected chi connectivity index (χ1v) is 11.4. The van der Waals surface area contributed by atoms with E-state index in [2.05, 4.69) is 5.32 Å². The van der Waals surface area contributed by atoms with Crippen molar-refractivity contribution >= 4 is 29.3 Å². The molecule has 176 valence electrons. The molecule has 1 atom stereocenters. The van der Waals surface area contributed by atoms with Gasteiger partial charge in [0.05, 0.1) is 0 Å². The molecule has 0 aromatic heterocycles. The van der Waals surface area contributed by atoms with E-state index in [0.29, 0.717) is 43.0 Å². The van der Waals surface area contributed by atoms with Crippen molar-refractivity contribution in [2.24, 2.45) is 0 Å². The number of rotatable bonds is 3. The number of hydrogen-bond donors (Lipinski definition) is 1. The second kappa shape index (κ2) is 8.55. The molecule has 0 aliphatic carbocycles. The molecule has 34 heavy (non-hydrogen) atoms. The van der Waals surface area contributed by atoms with Crippen molar-refractivity contribution in [3.8, 4) is 0 Å². The Balaban J connectivity index is 1.34. The van der Waals surface area contributed by atoms with Crippen molar-refractivity contribution in [1.82, 2.24) is 15.1 Å². The summed E-state index contributed by atoms with van der Waals surface area (Å²) in [5.74, 6) is -1.80. The van der Waals surface area contributed by atoms with Crippen LogP contribution < -0.4 is 10.2 Å². The summed E-state index contributed by atoms with van der Waals surface area (Å²) in [6.07, 6.45) is 0.413. The minimum Gasteiger partial charge on any atom is -0.368 e. The lowest BCUT2D eigenvalue weighted by Crippen LogP contribution is -2.52. The van der Waals surface area contributed by atoms with E-state index in [1.165, 1.54) is 17.0 Å². The summed E-state index contributed by atoms with van der Waals surface area (Å²) in [6.45, 7) is 4.04. The van der Waals surface area contributed by atoms with Gasteiger partial charge in [-0.15, -0.1) is 0 Å². The highest BCUT2D eigenvalue weighted by molar-refractivity contribution is 6.06. The third-order valence-electron chi connectivity index (χ3n) is 6.88. The van der Waals surface area contributed by atoms with E-state index in [1.807, 2.05) is 36.1 Å². The number of imide groups is 1. The number of aryl methyl sites for hydroxylation is 1. The van der Waals surface area contributed by atoms with Gasteiger partial charge in [0.2, 0.25) is 11.8 Å². The molecule has 3 aliphatic rings. The molecule has 9 heteroatoms. The van der Waals surface area contributed by atoms with Crippen LogP contribution in [0.2, 0.25) is 0 Å². The Morgan fingerprint density at radius 2 is 1.79 bits per heavy atom. The van der Waals surface area contributed by atoms with E-state index >= 15 is 0 Å². The molecular formula is C25H25FN4O4. The zero-order chi connectivity index (χ0) is 24.0. The number of halogens is 1. The molecule has 8 nitrogen and oxygen atoms in total. The molecule has 0 spiro atoms. The molecule has 2 aromatic carbocycles. The van der Waals surface area contributed by atoms with Crippen LogP contribution in [0, 0.1) is 12.7 Å². The normalized spacial score (nSPS) is 20.5. The van der Waals surface area contributed by atoms with E-state index < -0.39 is 23.7 Å². The van der Waals surface area contributed by atoms with Crippen molar-refractivity contribution in [3.63, 3.8) is 0 Å². The quantitative estimate of drug-likeness (QED) is 0.701. The van der Waals surface area contributed by atoms with Crippen molar-refractivity contribution in [3.05, 3.63) is 64.5 Å². The van der Waals surface area contributed by atoms with Gasteiger partial charge in [0.1, 0.15) is 11.9 Å². The van der Waals surface area contributed by atoms with Gasteiger partial charge in [-0.05, 0) is 37.1 Å². The number of carbonyl (C=O) groups is 4. The fourth-order valence-electron chi connectivity index (χ4n) is 5.02. The molecule has 0 bridgehead atoms. The monoisotopic (exact) mass is 464 g/mol. The minimum absolute atomic E-state index is 0.0265. The Hall–Kier alpha value is -3.75. The summed E-state index contributed by atoms with van der Waals surface area (Å²) in [7, 11) is 0. The van der Waals surface area contributed by atoms with Crippen LogP contribution in [0.4, 0.5) is 10.1 Å². The van der Waals surface area contributed by atoms with Crippen LogP contribution >= 0.6 is 0 Å². The number of hydrogen-bond acceptors (Lipinski definition) is 5. The lowest BCUT2D eigenvalue weighted by atomic mass is 10.0. The summed E-state index contributed by atoms with van der Waals surface area (Å²) >= 11 is 0. The maximum atomic E-state index is 14.5. The average Bonchev–Trinajstić information content (AvgIpc) is 3.14. The third-order valence-corrected chi connectivity index (χ3v) is 6.88. The summed E-state index contributed by atoms with van der Waals surface area (Å²) < 4.78 is 14.5. The first-order valence-electron chi connectivity index (χ1n) is 11.4. The Morgan fingerprint density at radius 3 is 2.50 bits per heavy atom. The molecular weight excluding hydrogens is 439 g/mol. The number of piperidine rings is 1. The van der Waals surface area contributed by atoms with E-state index in [1.54, 1.807) is 4.90 Å². The predicted molar refractivity (Wildman–Crippen MR) is 122 cm³/mol. The van der Waals surface area contributed by atoms with Gasteiger partial charge in [0.25, 0.3) is 11.8 Å². The SMILES string of the molecule is Cc1ccccc1C(=O)N1CCN(c2cc(F)cc3c2CN(C2CCC(=O)NC2=O)C3=O)CC1. The van der Waals surface area contributed by atoms with Crippen molar-refractivity contribution in [1.29, 1.82) is 0 Å². The molecule has 0 radical (unpaired) electrons. The van der Waals surface area contributed by atoms with E-state index in [4.69, 9.17) is 0 Å². The zero-order valence-electron chi connectivity index (χ0n) is 18.8. The number of carbonyl (C=O) groups excluding carboxylic acids is 4. The number of anilines is 1. The van der Waals surface area contributed by atoms with Gasteiger partial charge in [-0.25, -0.2) is 4.39 Å². The maximum absolute atomic E-state index is 14.5. The van der Waals surface area contributed by atoms with Crippen LogP contribution in [-0.2, 0) is 16.1 Å². The van der Waals surface area contributed by atoms with Gasteiger partial charge in [-0.3, -0.25) is 24.5 Å². The fraction of sp³-hybridized carbons (Fsp3) is 0.360. The summed E-state index contributed by atoms with van der Waals surface area (Å²) in [5, 5.41) is 2.28. The molecule has 2 fully saturated rings. The number of amides is 4. The van der Waals surface area contributed by atoms with Crippen LogP contribution in [-0.4, -0.2) is 65.6 Å². The number of fused-ring (bicyclic) bond motifs is 1. The highest BCUT2D eigenvalue weighted by Crippen LogP contribution is 2.35. The van der Waals surface area contributed by atoms with Crippen LogP contribution in [0.1, 0.15) is 44.7 Å². The molecule has 0 saturated carbocycles. The number of benzene rings is 2. The Morgan fingerprint density at radius 1 is 1.06 bits per heavy atom. The van der Waals surface area contributed by atoms with Gasteiger partial charge >= 0.3 is 0 Å². The maximum Gasteiger partial charge on any atom is 0.255 e. The highest BCUT2D eigenvalue weighted by atomic mass is 19.1. The largest absolute Gasteiger partial charge is 0.368 e. The van der Waals surface area contributed by atoms with E-state index in [0.717, 1.165) is 5.56 Å². The average molecular weight is 464 g/mol. The number of nitrogens with one attached hydrogen (secondary N) is 1. The van der Waals surface area contributed by atoms with E-state index in [-0.39, 0.29) is 36.8 Å². The van der Waals surface area contributed by atoms with Crippen LogP contribution in [0.25, 0.3) is 0 Å². The lowest BCUT2D eigenvalue weighted by molar-refractivity contribution is -0.136. The van der Waals surface area contributed by atoms with Crippen molar-refractivity contribution in [2.75, 3.05) is 31.1 Å². The molecule has 1 unspecified atom stereocenters. The van der Waals surface area contributed by atoms with Crippen LogP contribution in [0.3, 0.4) is 0 Å². The van der Waals surface area contributed by atoms with Gasteiger partial charge in [0.15, 0.2) is 0 Å². The van der Waals surface area contributed by atoms with Gasteiger partial charge in [-0.2, -0.15) is 0 Å². The Labute approximate surface area is 196 Å². The first kappa shape index (κ1) is 22.1. The number of nitrogens with zero attached hydrogens (tertiary/aromatic N) is 3. The standard InChI is InChI=1S/C25H25FN4O4/c1-15-4-2-3-5-17(15)24(33)29-10-8-28(9-11-29)21-13-16(26)12-18-19(21)14-30(25(18)34)20-6-7-22(31)27-23(20)32/h2-5,12-13,20H,6-11,14H2,1H3,(H,27,31,32). The molecule has 1 N–H and O–H groups in total. The smallest absolute Gasteiger partial charge is 0.255 e. The van der Waals surface area contributed by atoms with Gasteiger partial charge < -0.3 is 14.7 Å². The topological polar surface area (TPSA) is 90.0 Å². The van der Waals surface area contributed by atoms with Crippen LogP contribution in [0.15, 0.2) is 36.4 Å². The van der Waals surface area contributed by atoms with Gasteiger partial charge in [-0.1, -0.05) is 18.2 Å². The zero-order valence-corrected chi connectivity index (χ0v) is 18.8. The predicted octanol–water partition coefficient (Wildman–Crippen LogP) is 1.86. The highest BCUT2D eigenvalue weighted by Gasteiger charge is 2.41. The molecule has 2 saturated heterocycles. The second-order valence-corrected chi connectivity index (χ2v) is 8.95. The lowest BCUT2D eigenvalue weighted by Gasteiger charge is -2.37. The second-order valence-electron chi connectivity index (χ2n) is 8.95. The van der Waals surface area contributed by atoms with Crippen molar-refractivity contribution < 1.29 is 23.6 Å². The van der Waals surface area contributed by atoms with Gasteiger partial charge in [0, 0.05) is 61.5 Å². The fourth-order valence-corrected chi connectivity index (χ4v) is 5.02. The third kappa shape index (κ3) is 3.81. The summed E-state index contributed by atoms with van der Waals surface area (Å²) in [5.41, 5.74) is 3.13. The first-order chi connectivity index (χ1) is 16.3. The van der Waals surface area contributed by atoms with E-state index in [9.17, 15) is 23.6 Å². The Kier molecular flexibility index (Phi) is 5.55. The summed E-state index contributed by atoms with van der Waals surface area (Å²) in [4.78, 5) is 55.1. The minimum atomic E-state index is -0.753. The summed E-state index contributed by atoms with van der Waals surface area (Å²) in [6, 6.07) is 9.34. The van der Waals surface area contributed by atoms with Crippen molar-refractivity contribution in [2.45, 2.75) is 32.4 Å². The molecule has 5 rings (SSSR count).